The zero-order valence-electron chi connectivity index (χ0n) is 12.3. The molecule has 19 heavy (non-hydrogen) atoms. The maximum Gasteiger partial charge on any atom is 0.189 e. The highest BCUT2D eigenvalue weighted by atomic mass is 16.5. The second-order valence-corrected chi connectivity index (χ2v) is 6.00. The summed E-state index contributed by atoms with van der Waals surface area (Å²) in [7, 11) is 0. The van der Waals surface area contributed by atoms with E-state index in [4.69, 9.17) is 4.74 Å². The van der Waals surface area contributed by atoms with Gasteiger partial charge in [0.05, 0.1) is 5.57 Å². The van der Waals surface area contributed by atoms with Crippen molar-refractivity contribution in [3.63, 3.8) is 0 Å². The summed E-state index contributed by atoms with van der Waals surface area (Å²) in [6, 6.07) is 0. The Labute approximate surface area is 116 Å². The second kappa shape index (κ2) is 5.77. The Morgan fingerprint density at radius 1 is 1.26 bits per heavy atom. The molecule has 0 aromatic heterocycles. The standard InChI is InChI=1S/C17H24O2/c1-4-5-6-7-13-8-9-16-14(15(18)12-13)10-11-17(2,3)19-16/h10-12H,4-9H2,1-3H3. The Morgan fingerprint density at radius 2 is 2.05 bits per heavy atom. The van der Waals surface area contributed by atoms with Crippen LogP contribution < -0.4 is 0 Å². The normalized spacial score (nSPS) is 21.6. The lowest BCUT2D eigenvalue weighted by molar-refractivity contribution is -0.111. The van der Waals surface area contributed by atoms with Crippen LogP contribution in [0.2, 0.25) is 0 Å². The second-order valence-electron chi connectivity index (χ2n) is 6.00. The molecule has 0 amide bonds. The molecule has 1 aliphatic carbocycles. The maximum atomic E-state index is 12.2. The summed E-state index contributed by atoms with van der Waals surface area (Å²) in [4.78, 5) is 12.2. The average Bonchev–Trinajstić information content (AvgIpc) is 2.48. The highest BCUT2D eigenvalue weighted by Gasteiger charge is 2.27. The van der Waals surface area contributed by atoms with Gasteiger partial charge in [-0.25, -0.2) is 0 Å². The van der Waals surface area contributed by atoms with Crippen molar-refractivity contribution in [3.8, 4) is 0 Å². The van der Waals surface area contributed by atoms with E-state index in [-0.39, 0.29) is 11.4 Å². The van der Waals surface area contributed by atoms with Gasteiger partial charge in [0, 0.05) is 6.42 Å². The van der Waals surface area contributed by atoms with E-state index < -0.39 is 0 Å². The number of carbonyl (C=O) groups is 1. The molecule has 104 valence electrons. The van der Waals surface area contributed by atoms with E-state index in [9.17, 15) is 4.79 Å². The van der Waals surface area contributed by atoms with Crippen LogP contribution >= 0.6 is 0 Å². The first-order valence-corrected chi connectivity index (χ1v) is 7.37. The van der Waals surface area contributed by atoms with Crippen molar-refractivity contribution in [2.24, 2.45) is 0 Å². The van der Waals surface area contributed by atoms with Gasteiger partial charge in [-0.1, -0.05) is 25.3 Å². The van der Waals surface area contributed by atoms with Crippen LogP contribution in [0.4, 0.5) is 0 Å². The number of hydrogen-bond acceptors (Lipinski definition) is 2. The summed E-state index contributed by atoms with van der Waals surface area (Å²) in [6.45, 7) is 6.25. The maximum absolute atomic E-state index is 12.2. The number of hydrogen-bond donors (Lipinski definition) is 0. The number of ketones is 1. The van der Waals surface area contributed by atoms with E-state index in [1.165, 1.54) is 24.8 Å². The first-order valence-electron chi connectivity index (χ1n) is 7.37. The van der Waals surface area contributed by atoms with E-state index in [1.54, 1.807) is 0 Å². The lowest BCUT2D eigenvalue weighted by Crippen LogP contribution is -2.25. The van der Waals surface area contributed by atoms with Gasteiger partial charge < -0.3 is 4.74 Å². The minimum Gasteiger partial charge on any atom is -0.487 e. The van der Waals surface area contributed by atoms with E-state index >= 15 is 0 Å². The first kappa shape index (κ1) is 14.1. The highest BCUT2D eigenvalue weighted by molar-refractivity contribution is 6.07. The molecular formula is C17H24O2. The van der Waals surface area contributed by atoms with Crippen LogP contribution in [0, 0.1) is 0 Å². The molecule has 0 saturated carbocycles. The van der Waals surface area contributed by atoms with Gasteiger partial charge in [0.2, 0.25) is 0 Å². The minimum atomic E-state index is -0.286. The third kappa shape index (κ3) is 3.59. The fourth-order valence-electron chi connectivity index (χ4n) is 2.60. The molecule has 0 saturated heterocycles. The predicted molar refractivity (Wildman–Crippen MR) is 77.8 cm³/mol. The molecule has 0 atom stereocenters. The summed E-state index contributed by atoms with van der Waals surface area (Å²) in [5.74, 6) is 0.991. The van der Waals surface area contributed by atoms with Crippen LogP contribution in [0.1, 0.15) is 59.3 Å². The lowest BCUT2D eigenvalue weighted by atomic mass is 10.00. The van der Waals surface area contributed by atoms with Gasteiger partial charge >= 0.3 is 0 Å². The van der Waals surface area contributed by atoms with Crippen LogP contribution in [0.15, 0.2) is 35.1 Å². The van der Waals surface area contributed by atoms with Crippen LogP contribution in [0.25, 0.3) is 0 Å². The zero-order valence-corrected chi connectivity index (χ0v) is 12.3. The van der Waals surface area contributed by atoms with Crippen molar-refractivity contribution < 1.29 is 9.53 Å². The molecule has 0 unspecified atom stereocenters. The zero-order chi connectivity index (χ0) is 13.9. The van der Waals surface area contributed by atoms with Crippen LogP contribution in [-0.2, 0) is 9.53 Å². The molecule has 1 heterocycles. The van der Waals surface area contributed by atoms with E-state index in [1.807, 2.05) is 32.1 Å². The number of carbonyl (C=O) groups excluding carboxylic acids is 1. The summed E-state index contributed by atoms with van der Waals surface area (Å²) in [5.41, 5.74) is 1.75. The van der Waals surface area contributed by atoms with Gasteiger partial charge in [0.25, 0.3) is 0 Å². The Morgan fingerprint density at radius 3 is 2.79 bits per heavy atom. The van der Waals surface area contributed by atoms with Gasteiger partial charge in [-0.15, -0.1) is 0 Å². The van der Waals surface area contributed by atoms with Gasteiger partial charge in [0.1, 0.15) is 11.4 Å². The predicted octanol–water partition coefficient (Wildman–Crippen LogP) is 4.48. The SMILES string of the molecule is CCCCCC1=CC(=O)C2=C(CC1)OC(C)(C)C=C2. The van der Waals surface area contributed by atoms with Gasteiger partial charge in [0.15, 0.2) is 5.78 Å². The van der Waals surface area contributed by atoms with Crippen molar-refractivity contribution >= 4 is 5.78 Å². The van der Waals surface area contributed by atoms with E-state index in [0.717, 1.165) is 30.6 Å². The van der Waals surface area contributed by atoms with Gasteiger partial charge in [-0.05, 0) is 51.3 Å². The monoisotopic (exact) mass is 260 g/mol. The number of rotatable bonds is 4. The average molecular weight is 260 g/mol. The Hall–Kier alpha value is -1.31. The van der Waals surface area contributed by atoms with Crippen LogP contribution in [0.5, 0.6) is 0 Å². The molecule has 0 aromatic rings. The topological polar surface area (TPSA) is 26.3 Å². The molecule has 0 N–H and O–H groups in total. The molecule has 2 nitrogen and oxygen atoms in total. The van der Waals surface area contributed by atoms with Gasteiger partial charge in [-0.3, -0.25) is 4.79 Å². The van der Waals surface area contributed by atoms with E-state index in [2.05, 4.69) is 6.92 Å². The summed E-state index contributed by atoms with van der Waals surface area (Å²) >= 11 is 0. The number of ether oxygens (including phenoxy) is 1. The Kier molecular flexibility index (Phi) is 4.28. The first-order chi connectivity index (χ1) is 9.02. The Balaban J connectivity index is 2.07. The third-order valence-electron chi connectivity index (χ3n) is 3.71. The molecule has 0 fully saturated rings. The van der Waals surface area contributed by atoms with Crippen molar-refractivity contribution in [1.29, 1.82) is 0 Å². The summed E-state index contributed by atoms with van der Waals surface area (Å²) < 4.78 is 5.94. The van der Waals surface area contributed by atoms with Gasteiger partial charge in [-0.2, -0.15) is 0 Å². The fourth-order valence-corrected chi connectivity index (χ4v) is 2.60. The summed E-state index contributed by atoms with van der Waals surface area (Å²) in [6.07, 6.45) is 12.2. The molecule has 2 heteroatoms. The fraction of sp³-hybridized carbons (Fsp3) is 0.588. The minimum absolute atomic E-state index is 0.116. The molecule has 0 spiro atoms. The smallest absolute Gasteiger partial charge is 0.189 e. The molecule has 1 aliphatic heterocycles. The lowest BCUT2D eigenvalue weighted by Gasteiger charge is -2.29. The van der Waals surface area contributed by atoms with Crippen LogP contribution in [-0.4, -0.2) is 11.4 Å². The molecule has 0 bridgehead atoms. The van der Waals surface area contributed by atoms with Crippen molar-refractivity contribution in [2.45, 2.75) is 64.9 Å². The molecule has 2 aliphatic rings. The highest BCUT2D eigenvalue weighted by Crippen LogP contribution is 2.32. The van der Waals surface area contributed by atoms with Crippen molar-refractivity contribution in [3.05, 3.63) is 35.1 Å². The molecule has 2 rings (SSSR count). The quantitative estimate of drug-likeness (QED) is 0.697. The van der Waals surface area contributed by atoms with Crippen molar-refractivity contribution in [2.75, 3.05) is 0 Å². The summed E-state index contributed by atoms with van der Waals surface area (Å²) in [5, 5.41) is 0. The third-order valence-corrected chi connectivity index (χ3v) is 3.71. The Bertz CT molecular complexity index is 450. The molecule has 0 radical (unpaired) electrons. The van der Waals surface area contributed by atoms with E-state index in [0.29, 0.717) is 0 Å². The molecular weight excluding hydrogens is 236 g/mol. The number of allylic oxidation sites excluding steroid dienone is 5. The number of unbranched alkanes of at least 4 members (excludes halogenated alkanes) is 2. The largest absolute Gasteiger partial charge is 0.487 e. The van der Waals surface area contributed by atoms with Crippen LogP contribution in [0.3, 0.4) is 0 Å². The molecule has 0 aromatic carbocycles. The van der Waals surface area contributed by atoms with Crippen molar-refractivity contribution in [1.82, 2.24) is 0 Å².